The van der Waals surface area contributed by atoms with Gasteiger partial charge in [-0.25, -0.2) is 14.2 Å². The number of rotatable bonds is 4. The highest BCUT2D eigenvalue weighted by molar-refractivity contribution is 5.32. The van der Waals surface area contributed by atoms with Crippen LogP contribution in [0.5, 0.6) is 0 Å². The van der Waals surface area contributed by atoms with Crippen molar-refractivity contribution in [3.05, 3.63) is 0 Å². The molecule has 0 aromatic rings. The van der Waals surface area contributed by atoms with Crippen molar-refractivity contribution in [1.29, 1.82) is 0 Å². The number of alkyl halides is 1. The van der Waals surface area contributed by atoms with Crippen LogP contribution in [0.25, 0.3) is 0 Å². The third-order valence-electron chi connectivity index (χ3n) is 9.66. The first-order chi connectivity index (χ1) is 12.5. The second-order valence-corrected chi connectivity index (χ2v) is 10.4. The standard InChI is InChI=1S/C23H36FNO/c1-22-13-11-19-17(8-10-20-21(24)6-3-12-23(19,20)2)18(22)9-7-16(22)5-4-14-25-15-26/h16-21H,3-14H2,1-2H3. The molecule has 0 saturated heterocycles. The summed E-state index contributed by atoms with van der Waals surface area (Å²) >= 11 is 0. The lowest BCUT2D eigenvalue weighted by Crippen LogP contribution is -2.54. The summed E-state index contributed by atoms with van der Waals surface area (Å²) in [5.74, 6) is 3.56. The molecule has 4 aliphatic carbocycles. The Kier molecular flexibility index (Phi) is 5.05. The van der Waals surface area contributed by atoms with Crippen LogP contribution in [0.4, 0.5) is 4.39 Å². The van der Waals surface area contributed by atoms with Gasteiger partial charge in [-0.2, -0.15) is 0 Å². The molecule has 0 radical (unpaired) electrons. The van der Waals surface area contributed by atoms with Crippen LogP contribution in [0.3, 0.4) is 0 Å². The molecule has 4 aliphatic rings. The maximum atomic E-state index is 14.7. The van der Waals surface area contributed by atoms with Gasteiger partial charge in [-0.3, -0.25) is 0 Å². The fourth-order valence-electron chi connectivity index (χ4n) is 8.37. The third kappa shape index (κ3) is 2.81. The molecule has 146 valence electrons. The van der Waals surface area contributed by atoms with Gasteiger partial charge >= 0.3 is 0 Å². The van der Waals surface area contributed by atoms with Crippen molar-refractivity contribution in [1.82, 2.24) is 0 Å². The number of isocyanates is 1. The van der Waals surface area contributed by atoms with E-state index in [2.05, 4.69) is 18.8 Å². The first-order valence-electron chi connectivity index (χ1n) is 11.2. The van der Waals surface area contributed by atoms with Gasteiger partial charge in [0.25, 0.3) is 0 Å². The predicted octanol–water partition coefficient (Wildman–Crippen LogP) is 6.10. The molecule has 0 amide bonds. The van der Waals surface area contributed by atoms with E-state index in [0.29, 0.717) is 17.9 Å². The second kappa shape index (κ2) is 7.04. The maximum absolute atomic E-state index is 14.7. The van der Waals surface area contributed by atoms with E-state index >= 15 is 0 Å². The van der Waals surface area contributed by atoms with E-state index in [0.717, 1.165) is 49.4 Å². The average molecular weight is 362 g/mol. The highest BCUT2D eigenvalue weighted by Gasteiger charge is 2.60. The first kappa shape index (κ1) is 18.7. The Hall–Kier alpha value is -0.690. The van der Waals surface area contributed by atoms with Crippen molar-refractivity contribution in [2.24, 2.45) is 45.4 Å². The molecule has 4 saturated carbocycles. The summed E-state index contributed by atoms with van der Waals surface area (Å²) in [6.07, 6.45) is 14.3. The summed E-state index contributed by atoms with van der Waals surface area (Å²) in [5.41, 5.74) is 0.734. The summed E-state index contributed by atoms with van der Waals surface area (Å²) in [7, 11) is 0. The lowest BCUT2D eigenvalue weighted by atomic mass is 9.44. The summed E-state index contributed by atoms with van der Waals surface area (Å²) in [6.45, 7) is 5.65. The number of carbonyl (C=O) groups excluding carboxylic acids is 1. The largest absolute Gasteiger partial charge is 0.247 e. The minimum absolute atomic E-state index is 0.263. The number of hydrogen-bond acceptors (Lipinski definition) is 2. The smallest absolute Gasteiger partial charge is 0.234 e. The van der Waals surface area contributed by atoms with Crippen LogP contribution in [0, 0.1) is 40.4 Å². The Morgan fingerprint density at radius 1 is 0.962 bits per heavy atom. The quantitative estimate of drug-likeness (QED) is 0.338. The van der Waals surface area contributed by atoms with Crippen molar-refractivity contribution >= 4 is 6.08 Å². The fourth-order valence-corrected chi connectivity index (χ4v) is 8.37. The number of hydrogen-bond donors (Lipinski definition) is 0. The van der Waals surface area contributed by atoms with Gasteiger partial charge in [0.15, 0.2) is 0 Å². The number of nitrogens with zero attached hydrogens (tertiary/aromatic N) is 1. The van der Waals surface area contributed by atoms with Crippen LogP contribution in [0.15, 0.2) is 4.99 Å². The van der Waals surface area contributed by atoms with Crippen LogP contribution >= 0.6 is 0 Å². The molecular formula is C23H36FNO. The topological polar surface area (TPSA) is 29.4 Å². The van der Waals surface area contributed by atoms with E-state index in [4.69, 9.17) is 0 Å². The monoisotopic (exact) mass is 361 g/mol. The zero-order valence-corrected chi connectivity index (χ0v) is 16.7. The van der Waals surface area contributed by atoms with Gasteiger partial charge in [-0.15, -0.1) is 0 Å². The molecule has 4 fully saturated rings. The minimum Gasteiger partial charge on any atom is -0.247 e. The van der Waals surface area contributed by atoms with E-state index in [-0.39, 0.29) is 5.41 Å². The van der Waals surface area contributed by atoms with Crippen molar-refractivity contribution in [3.8, 4) is 0 Å². The summed E-state index contributed by atoms with van der Waals surface area (Å²) < 4.78 is 14.7. The van der Waals surface area contributed by atoms with E-state index in [9.17, 15) is 9.18 Å². The second-order valence-electron chi connectivity index (χ2n) is 10.4. The SMILES string of the molecule is CC12CCC3C(CCC4C(F)CCCC43C)C1CCC2CCCN=C=O. The summed E-state index contributed by atoms with van der Waals surface area (Å²) in [6, 6.07) is 0. The lowest BCUT2D eigenvalue weighted by molar-refractivity contribution is -0.130. The van der Waals surface area contributed by atoms with E-state index in [1.165, 1.54) is 44.9 Å². The molecule has 4 rings (SSSR count). The Morgan fingerprint density at radius 2 is 1.73 bits per heavy atom. The van der Waals surface area contributed by atoms with Crippen molar-refractivity contribution in [2.75, 3.05) is 6.54 Å². The van der Waals surface area contributed by atoms with Gasteiger partial charge in [0.1, 0.15) is 6.17 Å². The van der Waals surface area contributed by atoms with Gasteiger partial charge in [0, 0.05) is 0 Å². The van der Waals surface area contributed by atoms with Crippen LogP contribution in [0.1, 0.15) is 84.5 Å². The molecule has 0 aromatic carbocycles. The van der Waals surface area contributed by atoms with E-state index < -0.39 is 6.17 Å². The number of aliphatic imine (C=N–C) groups is 1. The molecular weight excluding hydrogens is 325 g/mol. The molecule has 8 atom stereocenters. The van der Waals surface area contributed by atoms with E-state index in [1.54, 1.807) is 6.08 Å². The van der Waals surface area contributed by atoms with Crippen LogP contribution in [-0.2, 0) is 4.79 Å². The zero-order chi connectivity index (χ0) is 18.4. The molecule has 0 aliphatic heterocycles. The maximum Gasteiger partial charge on any atom is 0.234 e. The van der Waals surface area contributed by atoms with Gasteiger partial charge in [-0.1, -0.05) is 13.8 Å². The highest BCUT2D eigenvalue weighted by Crippen LogP contribution is 2.68. The Morgan fingerprint density at radius 3 is 2.54 bits per heavy atom. The van der Waals surface area contributed by atoms with Crippen LogP contribution < -0.4 is 0 Å². The number of fused-ring (bicyclic) bond motifs is 5. The minimum atomic E-state index is -0.544. The normalized spacial score (nSPS) is 50.3. The zero-order valence-electron chi connectivity index (χ0n) is 16.7. The molecule has 8 unspecified atom stereocenters. The molecule has 0 bridgehead atoms. The Balaban J connectivity index is 1.50. The summed E-state index contributed by atoms with van der Waals surface area (Å²) in [4.78, 5) is 14.0. The molecule has 0 spiro atoms. The Labute approximate surface area is 158 Å². The Bertz CT molecular complexity index is 573. The van der Waals surface area contributed by atoms with E-state index in [1.807, 2.05) is 0 Å². The molecule has 0 aromatic heterocycles. The van der Waals surface area contributed by atoms with Crippen molar-refractivity contribution in [2.45, 2.75) is 90.6 Å². The number of halogens is 1. The average Bonchev–Trinajstić information content (AvgIpc) is 2.95. The highest BCUT2D eigenvalue weighted by atomic mass is 19.1. The first-order valence-corrected chi connectivity index (χ1v) is 11.2. The van der Waals surface area contributed by atoms with Gasteiger partial charge in [-0.05, 0) is 111 Å². The van der Waals surface area contributed by atoms with Crippen LogP contribution in [0.2, 0.25) is 0 Å². The fraction of sp³-hybridized carbons (Fsp3) is 0.957. The van der Waals surface area contributed by atoms with Crippen LogP contribution in [-0.4, -0.2) is 18.8 Å². The third-order valence-corrected chi connectivity index (χ3v) is 9.66. The van der Waals surface area contributed by atoms with Gasteiger partial charge in [0.2, 0.25) is 6.08 Å². The molecule has 2 nitrogen and oxygen atoms in total. The molecule has 0 heterocycles. The predicted molar refractivity (Wildman–Crippen MR) is 102 cm³/mol. The molecule has 26 heavy (non-hydrogen) atoms. The molecule has 3 heteroatoms. The van der Waals surface area contributed by atoms with Gasteiger partial charge in [0.05, 0.1) is 6.54 Å². The van der Waals surface area contributed by atoms with Crippen molar-refractivity contribution in [3.63, 3.8) is 0 Å². The molecule has 0 N–H and O–H groups in total. The van der Waals surface area contributed by atoms with Gasteiger partial charge < -0.3 is 0 Å². The summed E-state index contributed by atoms with van der Waals surface area (Å²) in [5, 5.41) is 0. The van der Waals surface area contributed by atoms with Crippen molar-refractivity contribution < 1.29 is 9.18 Å². The lowest BCUT2D eigenvalue weighted by Gasteiger charge is -2.61.